The molecule has 5 saturated heterocycles. The molecule has 1 aliphatic carbocycles. The van der Waals surface area contributed by atoms with Crippen LogP contribution in [0.2, 0.25) is 0 Å². The van der Waals surface area contributed by atoms with E-state index in [2.05, 4.69) is 6.92 Å². The fourth-order valence-corrected chi connectivity index (χ4v) is 12.6. The molecule has 8 N–H and O–H groups in total. The van der Waals surface area contributed by atoms with E-state index in [4.69, 9.17) is 61.6 Å². The number of carbonyl (C=O) groups is 3. The first-order valence-corrected chi connectivity index (χ1v) is 33.3. The molecule has 0 aromatic heterocycles. The third kappa shape index (κ3) is 19.4. The number of rotatable bonds is 20. The van der Waals surface area contributed by atoms with Crippen LogP contribution in [0.5, 0.6) is 0 Å². The highest BCUT2D eigenvalue weighted by Gasteiger charge is 2.59. The molecule has 6 fully saturated rings. The van der Waals surface area contributed by atoms with Crippen LogP contribution in [0.15, 0.2) is 36.4 Å². The minimum atomic E-state index is -2.00. The Morgan fingerprint density at radius 2 is 1.16 bits per heavy atom. The Morgan fingerprint density at radius 1 is 0.556 bits per heavy atom. The number of aliphatic hydroxyl groups is 8. The lowest BCUT2D eigenvalue weighted by Gasteiger charge is -2.51. The van der Waals surface area contributed by atoms with Crippen LogP contribution in [0.3, 0.4) is 0 Å². The van der Waals surface area contributed by atoms with Crippen molar-refractivity contribution in [3.8, 4) is 0 Å². The Labute approximate surface area is 530 Å². The van der Waals surface area contributed by atoms with Gasteiger partial charge in [0.1, 0.15) is 73.2 Å². The molecule has 28 atom stereocenters. The summed E-state index contributed by atoms with van der Waals surface area (Å²) in [6, 6.07) is 8.90. The van der Waals surface area contributed by atoms with Crippen molar-refractivity contribution in [3.63, 3.8) is 0 Å². The van der Waals surface area contributed by atoms with Crippen molar-refractivity contribution in [2.24, 2.45) is 17.8 Å². The molecule has 1 saturated carbocycles. The molecule has 0 unspecified atom stereocenters. The van der Waals surface area contributed by atoms with Gasteiger partial charge in [-0.1, -0.05) is 136 Å². The van der Waals surface area contributed by atoms with Gasteiger partial charge in [-0.3, -0.25) is 9.59 Å². The minimum absolute atomic E-state index is 0.139. The van der Waals surface area contributed by atoms with Crippen molar-refractivity contribution in [3.05, 3.63) is 42.0 Å². The summed E-state index contributed by atoms with van der Waals surface area (Å²) >= 11 is 0. The molecule has 0 spiro atoms. The van der Waals surface area contributed by atoms with Gasteiger partial charge in [0.25, 0.3) is 0 Å². The summed E-state index contributed by atoms with van der Waals surface area (Å²) in [5.74, 6) is -4.29. The summed E-state index contributed by atoms with van der Waals surface area (Å²) < 4.78 is 83.8. The molecule has 1 aromatic rings. The maximum Gasteiger partial charge on any atom is 0.331 e. The quantitative estimate of drug-likeness (QED) is 0.0375. The van der Waals surface area contributed by atoms with E-state index in [0.717, 1.165) is 83.1 Å². The number of benzene rings is 1. The minimum Gasteiger partial charge on any atom is -0.455 e. The first-order valence-electron chi connectivity index (χ1n) is 33.3. The van der Waals surface area contributed by atoms with Crippen LogP contribution in [0.25, 0.3) is 6.08 Å². The molecule has 0 bridgehead atoms. The molecule has 0 amide bonds. The van der Waals surface area contributed by atoms with E-state index >= 15 is 0 Å². The van der Waals surface area contributed by atoms with Crippen LogP contribution in [-0.2, 0) is 76.0 Å². The maximum atomic E-state index is 14.3. The number of ether oxygens (including phenoxy) is 13. The molecular formula is C66H106O24. The Balaban J connectivity index is 1.23. The summed E-state index contributed by atoms with van der Waals surface area (Å²) in [4.78, 5) is 41.4. The predicted molar refractivity (Wildman–Crippen MR) is 322 cm³/mol. The average molecular weight is 1280 g/mol. The molecule has 0 radical (unpaired) electrons. The van der Waals surface area contributed by atoms with Gasteiger partial charge in [0.2, 0.25) is 0 Å². The second kappa shape index (κ2) is 36.0. The van der Waals surface area contributed by atoms with Crippen LogP contribution >= 0.6 is 0 Å². The van der Waals surface area contributed by atoms with E-state index in [0.29, 0.717) is 24.8 Å². The van der Waals surface area contributed by atoms with Crippen molar-refractivity contribution in [2.45, 2.75) is 318 Å². The van der Waals surface area contributed by atoms with Crippen LogP contribution in [0.1, 0.15) is 171 Å². The molecule has 90 heavy (non-hydrogen) atoms. The molecule has 24 nitrogen and oxygen atoms in total. The SMILES string of the molecule is CCCCC[C@H]1CCCCCCCCCCO[C@@H]2[C@H](O)[C@H](O[C@@H]3O[C@@H](C)[C@H](O[C@@H]4O[C@@H](C)[C@H](OC(=O)[C@@H](C)CC)[C@@H](OC(=O)/C=C/c5ccccc5)[C@H]4O)[C@@H](O[C@@H]4O[C@H](CO)[C@@H](O)[C@H](O)[C@H]4O)[C@H]3OC(=O)[C@@H](C)CC)[C@@H](C)C[C@@H]2O[C@H]2[C@H](O1)O[C@H](C)[C@H](O)[C@@H]2O. The van der Waals surface area contributed by atoms with Crippen LogP contribution < -0.4 is 0 Å². The summed E-state index contributed by atoms with van der Waals surface area (Å²) in [6.07, 6.45) is -19.9. The molecule has 6 aliphatic rings. The van der Waals surface area contributed by atoms with Crippen molar-refractivity contribution in [2.75, 3.05) is 13.2 Å². The maximum absolute atomic E-state index is 14.3. The smallest absolute Gasteiger partial charge is 0.331 e. The van der Waals surface area contributed by atoms with E-state index in [1.807, 2.05) is 6.07 Å². The van der Waals surface area contributed by atoms with Crippen LogP contribution in [-0.4, -0.2) is 225 Å². The van der Waals surface area contributed by atoms with Gasteiger partial charge in [-0.2, -0.15) is 0 Å². The standard InChI is InChI=1S/C66H106O24/c1-10-13-21-28-42-29-24-18-16-14-15-17-19-25-32-78-56-43(83-58-49(72)46(69)38(7)79-65(58)82-42)33-37(6)53(51(56)74)88-66-60(87-62(77)36(5)12-3)59(90-63-50(73)48(71)47(70)44(34-67)84-63)55(40(9)81-66)89-64-52(75)57(54(39(8)80-64)86-61(76)35(4)11-2)85-45(68)31-30-41-26-22-20-23-27-41/h20,22-23,26-27,30-31,35-40,42-44,46-60,63-67,69-75H,10-19,21,24-25,28-29,32-34H2,1-9H3/b31-30+/t35-,36-,37-,38+,39-,40-,42-,43-,44+,46-,47+,48-,49-,50+,51+,52+,53+,54-,55-,56-,57-,58+,59+,60+,63-,64-,65-,66-/m0/s1. The Kier molecular flexibility index (Phi) is 29.6. The number of unbranched alkanes of at least 4 members (excludes halogenated alkanes) is 2. The lowest BCUT2D eigenvalue weighted by atomic mass is 9.81. The zero-order valence-corrected chi connectivity index (χ0v) is 54.0. The van der Waals surface area contributed by atoms with E-state index in [1.54, 1.807) is 65.8 Å². The summed E-state index contributed by atoms with van der Waals surface area (Å²) in [5.41, 5.74) is 0.669. The molecular weight excluding hydrogens is 1180 g/mol. The Morgan fingerprint density at radius 3 is 1.81 bits per heavy atom. The first-order chi connectivity index (χ1) is 43.1. The van der Waals surface area contributed by atoms with Gasteiger partial charge in [0.05, 0.1) is 55.1 Å². The van der Waals surface area contributed by atoms with Crippen molar-refractivity contribution in [1.82, 2.24) is 0 Å². The summed E-state index contributed by atoms with van der Waals surface area (Å²) in [7, 11) is 0. The normalized spacial score (nSPS) is 41.0. The largest absolute Gasteiger partial charge is 0.455 e. The van der Waals surface area contributed by atoms with E-state index in [9.17, 15) is 55.2 Å². The van der Waals surface area contributed by atoms with E-state index in [1.165, 1.54) is 19.9 Å². The number of fused-ring (bicyclic) bond motifs is 2. The van der Waals surface area contributed by atoms with Gasteiger partial charge >= 0.3 is 17.9 Å². The Bertz CT molecular complexity index is 2310. The zero-order chi connectivity index (χ0) is 65.3. The van der Waals surface area contributed by atoms with Gasteiger partial charge in [-0.05, 0) is 76.9 Å². The average Bonchev–Trinajstić information content (AvgIpc) is 0.867. The van der Waals surface area contributed by atoms with Crippen molar-refractivity contribution in [1.29, 1.82) is 0 Å². The number of hydrogen-bond acceptors (Lipinski definition) is 24. The topological polar surface area (TPSA) is 333 Å². The van der Waals surface area contributed by atoms with Gasteiger partial charge in [-0.25, -0.2) is 4.79 Å². The lowest BCUT2D eigenvalue weighted by molar-refractivity contribution is -0.390. The molecule has 514 valence electrons. The molecule has 7 rings (SSSR count). The highest BCUT2D eigenvalue weighted by Crippen LogP contribution is 2.41. The van der Waals surface area contributed by atoms with Gasteiger partial charge in [-0.15, -0.1) is 0 Å². The molecule has 5 aliphatic heterocycles. The molecule has 5 heterocycles. The van der Waals surface area contributed by atoms with Gasteiger partial charge in [0.15, 0.2) is 43.5 Å². The summed E-state index contributed by atoms with van der Waals surface area (Å²) in [6.45, 7) is 14.9. The van der Waals surface area contributed by atoms with Gasteiger partial charge in [0, 0.05) is 12.7 Å². The van der Waals surface area contributed by atoms with Crippen molar-refractivity contribution >= 4 is 24.0 Å². The van der Waals surface area contributed by atoms with Gasteiger partial charge < -0.3 is 102 Å². The predicted octanol–water partition coefficient (Wildman–Crippen LogP) is 4.83. The van der Waals surface area contributed by atoms with Crippen molar-refractivity contribution < 1.29 is 117 Å². The summed E-state index contributed by atoms with van der Waals surface area (Å²) in [5, 5.41) is 92.1. The number of carbonyl (C=O) groups excluding carboxylic acids is 3. The van der Waals surface area contributed by atoms with E-state index in [-0.39, 0.29) is 19.1 Å². The first kappa shape index (κ1) is 74.1. The zero-order valence-electron chi connectivity index (χ0n) is 54.0. The highest BCUT2D eigenvalue weighted by molar-refractivity contribution is 5.87. The van der Waals surface area contributed by atoms with Crippen LogP contribution in [0.4, 0.5) is 0 Å². The monoisotopic (exact) mass is 1280 g/mol. The van der Waals surface area contributed by atoms with Crippen LogP contribution in [0, 0.1) is 17.8 Å². The van der Waals surface area contributed by atoms with E-state index < -0.39 is 190 Å². The third-order valence-electron chi connectivity index (χ3n) is 18.7. The molecule has 1 aromatic carbocycles. The molecule has 24 heteroatoms. The Hall–Kier alpha value is -3.35. The number of aliphatic hydroxyl groups excluding tert-OH is 8. The number of hydrogen-bond donors (Lipinski definition) is 8. The third-order valence-corrected chi connectivity index (χ3v) is 18.7. The highest BCUT2D eigenvalue weighted by atomic mass is 16.8. The fourth-order valence-electron chi connectivity index (χ4n) is 12.6. The second-order valence-electron chi connectivity index (χ2n) is 25.7. The second-order valence-corrected chi connectivity index (χ2v) is 25.7. The number of esters is 3. The lowest BCUT2D eigenvalue weighted by Crippen LogP contribution is -2.68. The fraction of sp³-hybridized carbons (Fsp3) is 0.833.